The minimum atomic E-state index is -0.933. The molecule has 2 rings (SSSR count). The normalized spacial score (nSPS) is 20.4. The van der Waals surface area contributed by atoms with E-state index in [-0.39, 0.29) is 16.8 Å². The molecule has 1 N–H and O–H groups in total. The monoisotopic (exact) mass is 292 g/mol. The number of ether oxygens (including phenoxy) is 1. The number of anilines is 1. The highest BCUT2D eigenvalue weighted by atomic mass is 16.5. The molecule has 21 heavy (non-hydrogen) atoms. The van der Waals surface area contributed by atoms with Crippen LogP contribution in [0.25, 0.3) is 0 Å². The molecule has 1 aliphatic rings. The van der Waals surface area contributed by atoms with Crippen LogP contribution in [0.3, 0.4) is 0 Å². The molecule has 5 heteroatoms. The van der Waals surface area contributed by atoms with Crippen LogP contribution in [0.1, 0.15) is 49.3 Å². The van der Waals surface area contributed by atoms with Gasteiger partial charge in [-0.05, 0) is 53.2 Å². The number of aromatic carboxylic acids is 1. The number of rotatable bonds is 2. The van der Waals surface area contributed by atoms with Crippen LogP contribution in [-0.4, -0.2) is 40.4 Å². The van der Waals surface area contributed by atoms with Gasteiger partial charge in [0.25, 0.3) is 0 Å². The number of nitrogens with zero attached hydrogens (tertiary/aromatic N) is 2. The van der Waals surface area contributed by atoms with Crippen LogP contribution in [0, 0.1) is 13.8 Å². The van der Waals surface area contributed by atoms with Gasteiger partial charge in [-0.2, -0.15) is 0 Å². The third kappa shape index (κ3) is 3.35. The van der Waals surface area contributed by atoms with E-state index in [1.54, 1.807) is 0 Å². The van der Waals surface area contributed by atoms with Crippen molar-refractivity contribution in [2.75, 3.05) is 18.0 Å². The molecule has 0 aromatic carbocycles. The number of hydrogen-bond donors (Lipinski definition) is 1. The maximum atomic E-state index is 11.6. The van der Waals surface area contributed by atoms with Gasteiger partial charge in [0.15, 0.2) is 0 Å². The summed E-state index contributed by atoms with van der Waals surface area (Å²) in [6.45, 7) is 13.0. The summed E-state index contributed by atoms with van der Waals surface area (Å²) >= 11 is 0. The van der Waals surface area contributed by atoms with Crippen molar-refractivity contribution < 1.29 is 14.6 Å². The van der Waals surface area contributed by atoms with Gasteiger partial charge >= 0.3 is 5.97 Å². The second-order valence-electron chi connectivity index (χ2n) is 7.06. The molecule has 0 spiro atoms. The maximum Gasteiger partial charge on any atom is 0.339 e. The fourth-order valence-corrected chi connectivity index (χ4v) is 3.25. The molecule has 1 fully saturated rings. The summed E-state index contributed by atoms with van der Waals surface area (Å²) in [5, 5.41) is 9.53. The Balaban J connectivity index is 2.53. The first-order chi connectivity index (χ1) is 9.51. The quantitative estimate of drug-likeness (QED) is 0.908. The van der Waals surface area contributed by atoms with E-state index in [2.05, 4.69) is 4.98 Å². The number of morpholine rings is 1. The summed E-state index contributed by atoms with van der Waals surface area (Å²) in [5.74, 6) is -0.387. The van der Waals surface area contributed by atoms with Gasteiger partial charge in [0.1, 0.15) is 11.4 Å². The van der Waals surface area contributed by atoms with Crippen LogP contribution < -0.4 is 4.90 Å². The molecule has 0 amide bonds. The standard InChI is InChI=1S/C16H24N2O3/c1-10-7-11(2)17-13(12(10)14(19)20)18-8-15(3,4)21-16(5,6)9-18/h7H,8-9H2,1-6H3,(H,19,20). The largest absolute Gasteiger partial charge is 0.478 e. The predicted octanol–water partition coefficient (Wildman–Crippen LogP) is 2.79. The van der Waals surface area contributed by atoms with Crippen LogP contribution in [0.15, 0.2) is 6.07 Å². The number of hydrogen-bond acceptors (Lipinski definition) is 4. The zero-order valence-corrected chi connectivity index (χ0v) is 13.6. The number of carboxylic acid groups (broad SMARTS) is 1. The lowest BCUT2D eigenvalue weighted by Gasteiger charge is -2.48. The Hall–Kier alpha value is -1.62. The van der Waals surface area contributed by atoms with Crippen molar-refractivity contribution in [3.05, 3.63) is 22.9 Å². The number of aryl methyl sites for hydroxylation is 2. The molecular weight excluding hydrogens is 268 g/mol. The molecule has 1 saturated heterocycles. The van der Waals surface area contributed by atoms with E-state index in [1.807, 2.05) is 52.5 Å². The molecule has 5 nitrogen and oxygen atoms in total. The Kier molecular flexibility index (Phi) is 3.74. The van der Waals surface area contributed by atoms with Gasteiger partial charge in [0, 0.05) is 18.8 Å². The molecule has 0 atom stereocenters. The molecule has 0 radical (unpaired) electrons. The van der Waals surface area contributed by atoms with Crippen molar-refractivity contribution in [1.82, 2.24) is 4.98 Å². The van der Waals surface area contributed by atoms with Crippen LogP contribution in [-0.2, 0) is 4.74 Å². The topological polar surface area (TPSA) is 62.7 Å². The molecule has 0 saturated carbocycles. The second kappa shape index (κ2) is 4.98. The van der Waals surface area contributed by atoms with E-state index in [4.69, 9.17) is 4.74 Å². The van der Waals surface area contributed by atoms with Crippen molar-refractivity contribution >= 4 is 11.8 Å². The van der Waals surface area contributed by atoms with E-state index in [0.29, 0.717) is 18.9 Å². The molecule has 0 unspecified atom stereocenters. The van der Waals surface area contributed by atoms with Gasteiger partial charge in [0.05, 0.1) is 11.2 Å². The zero-order valence-electron chi connectivity index (χ0n) is 13.6. The lowest BCUT2D eigenvalue weighted by atomic mass is 9.98. The van der Waals surface area contributed by atoms with Gasteiger partial charge in [-0.15, -0.1) is 0 Å². The van der Waals surface area contributed by atoms with Crippen LogP contribution in [0.2, 0.25) is 0 Å². The van der Waals surface area contributed by atoms with Crippen LogP contribution in [0.5, 0.6) is 0 Å². The minimum Gasteiger partial charge on any atom is -0.478 e. The summed E-state index contributed by atoms with van der Waals surface area (Å²) < 4.78 is 6.06. The number of aromatic nitrogens is 1. The van der Waals surface area contributed by atoms with Crippen molar-refractivity contribution in [2.24, 2.45) is 0 Å². The number of pyridine rings is 1. The predicted molar refractivity (Wildman–Crippen MR) is 82.1 cm³/mol. The Morgan fingerprint density at radius 3 is 2.24 bits per heavy atom. The average Bonchev–Trinajstić information content (AvgIpc) is 2.22. The van der Waals surface area contributed by atoms with Gasteiger partial charge in [0.2, 0.25) is 0 Å². The van der Waals surface area contributed by atoms with Crippen LogP contribution in [0.4, 0.5) is 5.82 Å². The summed E-state index contributed by atoms with van der Waals surface area (Å²) in [6, 6.07) is 1.81. The van der Waals surface area contributed by atoms with Gasteiger partial charge < -0.3 is 14.7 Å². The molecule has 1 aromatic rings. The average molecular weight is 292 g/mol. The molecule has 0 bridgehead atoms. The van der Waals surface area contributed by atoms with E-state index in [0.717, 1.165) is 11.3 Å². The molecule has 2 heterocycles. The van der Waals surface area contributed by atoms with Crippen molar-refractivity contribution in [3.63, 3.8) is 0 Å². The Labute approximate surface area is 125 Å². The van der Waals surface area contributed by atoms with E-state index < -0.39 is 5.97 Å². The third-order valence-electron chi connectivity index (χ3n) is 3.53. The van der Waals surface area contributed by atoms with Gasteiger partial charge in [-0.3, -0.25) is 0 Å². The van der Waals surface area contributed by atoms with E-state index >= 15 is 0 Å². The third-order valence-corrected chi connectivity index (χ3v) is 3.53. The number of carboxylic acids is 1. The number of carbonyl (C=O) groups is 1. The Bertz CT molecular complexity index is 563. The van der Waals surface area contributed by atoms with E-state index in [9.17, 15) is 9.90 Å². The van der Waals surface area contributed by atoms with Crippen molar-refractivity contribution in [3.8, 4) is 0 Å². The summed E-state index contributed by atoms with van der Waals surface area (Å²) in [7, 11) is 0. The first-order valence-electron chi connectivity index (χ1n) is 7.17. The Morgan fingerprint density at radius 2 is 1.76 bits per heavy atom. The molecule has 116 valence electrons. The highest BCUT2D eigenvalue weighted by Gasteiger charge is 2.39. The maximum absolute atomic E-state index is 11.6. The van der Waals surface area contributed by atoms with Crippen LogP contribution >= 0.6 is 0 Å². The highest BCUT2D eigenvalue weighted by molar-refractivity contribution is 5.95. The summed E-state index contributed by atoms with van der Waals surface area (Å²) in [6.07, 6.45) is 0. The molecule has 1 aliphatic heterocycles. The lowest BCUT2D eigenvalue weighted by molar-refractivity contribution is -0.133. The lowest BCUT2D eigenvalue weighted by Crippen LogP contribution is -2.57. The van der Waals surface area contributed by atoms with Gasteiger partial charge in [-0.1, -0.05) is 0 Å². The van der Waals surface area contributed by atoms with E-state index in [1.165, 1.54) is 0 Å². The molecule has 0 aliphatic carbocycles. The van der Waals surface area contributed by atoms with Crippen molar-refractivity contribution in [1.29, 1.82) is 0 Å². The molecule has 1 aromatic heterocycles. The summed E-state index contributed by atoms with van der Waals surface area (Å²) in [4.78, 5) is 18.2. The molecular formula is C16H24N2O3. The fraction of sp³-hybridized carbons (Fsp3) is 0.625. The Morgan fingerprint density at radius 1 is 1.24 bits per heavy atom. The smallest absolute Gasteiger partial charge is 0.339 e. The van der Waals surface area contributed by atoms with Crippen molar-refractivity contribution in [2.45, 2.75) is 52.7 Å². The SMILES string of the molecule is Cc1cc(C)c(C(=O)O)c(N2CC(C)(C)OC(C)(C)C2)n1. The first-order valence-corrected chi connectivity index (χ1v) is 7.17. The summed E-state index contributed by atoms with van der Waals surface area (Å²) in [5.41, 5.74) is 1.16. The fourth-order valence-electron chi connectivity index (χ4n) is 3.25. The van der Waals surface area contributed by atoms with Gasteiger partial charge in [-0.25, -0.2) is 9.78 Å². The highest BCUT2D eigenvalue weighted by Crippen LogP contribution is 2.33. The zero-order chi connectivity index (χ0) is 16.0. The first kappa shape index (κ1) is 15.8. The minimum absolute atomic E-state index is 0.286. The second-order valence-corrected chi connectivity index (χ2v) is 7.06.